The summed E-state index contributed by atoms with van der Waals surface area (Å²) >= 11 is 3.46. The molecular formula is C18H21BrN2. The Labute approximate surface area is 135 Å². The van der Waals surface area contributed by atoms with E-state index in [1.165, 1.54) is 49.3 Å². The molecule has 3 rings (SSSR count). The lowest BCUT2D eigenvalue weighted by Crippen LogP contribution is -2.29. The number of anilines is 2. The van der Waals surface area contributed by atoms with E-state index < -0.39 is 0 Å². The summed E-state index contributed by atoms with van der Waals surface area (Å²) in [6, 6.07) is 17.3. The van der Waals surface area contributed by atoms with Gasteiger partial charge in [0.2, 0.25) is 0 Å². The minimum atomic E-state index is 0.857. The third-order valence-electron chi connectivity index (χ3n) is 4.00. The first kappa shape index (κ1) is 14.5. The molecular weight excluding hydrogens is 324 g/mol. The largest absolute Gasteiger partial charge is 0.381 e. The lowest BCUT2D eigenvalue weighted by Gasteiger charge is -2.28. The van der Waals surface area contributed by atoms with Crippen LogP contribution >= 0.6 is 15.9 Å². The second-order valence-corrected chi connectivity index (χ2v) is 6.49. The molecule has 0 spiro atoms. The third-order valence-corrected chi connectivity index (χ3v) is 4.53. The number of benzene rings is 2. The average Bonchev–Trinajstić information content (AvgIpc) is 2.56. The molecule has 1 aliphatic heterocycles. The topological polar surface area (TPSA) is 15.3 Å². The maximum absolute atomic E-state index is 3.48. The summed E-state index contributed by atoms with van der Waals surface area (Å²) in [4.78, 5) is 2.49. The van der Waals surface area contributed by atoms with Crippen LogP contribution in [0, 0.1) is 0 Å². The minimum absolute atomic E-state index is 0.857. The first-order valence-electron chi connectivity index (χ1n) is 7.64. The molecule has 2 aromatic rings. The predicted molar refractivity (Wildman–Crippen MR) is 94.0 cm³/mol. The van der Waals surface area contributed by atoms with Crippen LogP contribution in [0.1, 0.15) is 24.8 Å². The van der Waals surface area contributed by atoms with Gasteiger partial charge in [-0.2, -0.15) is 0 Å². The summed E-state index contributed by atoms with van der Waals surface area (Å²) in [5.74, 6) is 0. The van der Waals surface area contributed by atoms with Gasteiger partial charge in [-0.25, -0.2) is 0 Å². The van der Waals surface area contributed by atoms with E-state index in [0.29, 0.717) is 0 Å². The van der Waals surface area contributed by atoms with E-state index in [1.54, 1.807) is 0 Å². The van der Waals surface area contributed by atoms with E-state index in [4.69, 9.17) is 0 Å². The van der Waals surface area contributed by atoms with E-state index in [1.807, 2.05) is 0 Å². The third kappa shape index (κ3) is 4.01. The number of rotatable bonds is 4. The highest BCUT2D eigenvalue weighted by Gasteiger charge is 2.10. The van der Waals surface area contributed by atoms with Crippen molar-refractivity contribution in [3.8, 4) is 0 Å². The molecule has 110 valence electrons. The zero-order valence-corrected chi connectivity index (χ0v) is 13.8. The van der Waals surface area contributed by atoms with Gasteiger partial charge >= 0.3 is 0 Å². The van der Waals surface area contributed by atoms with Gasteiger partial charge in [0.25, 0.3) is 0 Å². The zero-order chi connectivity index (χ0) is 14.5. The van der Waals surface area contributed by atoms with Gasteiger partial charge in [-0.05, 0) is 61.2 Å². The number of halogens is 1. The van der Waals surface area contributed by atoms with Gasteiger partial charge in [0.05, 0.1) is 0 Å². The van der Waals surface area contributed by atoms with Crippen LogP contribution in [0.4, 0.5) is 11.4 Å². The van der Waals surface area contributed by atoms with Crippen LogP contribution in [-0.4, -0.2) is 13.1 Å². The number of nitrogens with one attached hydrogen (secondary N) is 1. The Hall–Kier alpha value is -1.48. The van der Waals surface area contributed by atoms with Crippen LogP contribution < -0.4 is 10.2 Å². The lowest BCUT2D eigenvalue weighted by atomic mass is 10.1. The Kier molecular flexibility index (Phi) is 4.81. The molecule has 0 aromatic heterocycles. The SMILES string of the molecule is Brc1ccc(CNc2ccc(N3CCCCC3)cc2)cc1. The van der Waals surface area contributed by atoms with Crippen molar-refractivity contribution >= 4 is 27.3 Å². The van der Waals surface area contributed by atoms with E-state index in [0.717, 1.165) is 11.0 Å². The fourth-order valence-electron chi connectivity index (χ4n) is 2.75. The van der Waals surface area contributed by atoms with Crippen molar-refractivity contribution < 1.29 is 0 Å². The van der Waals surface area contributed by atoms with Crippen molar-refractivity contribution in [3.05, 3.63) is 58.6 Å². The highest BCUT2D eigenvalue weighted by Crippen LogP contribution is 2.22. The Morgan fingerprint density at radius 2 is 1.52 bits per heavy atom. The van der Waals surface area contributed by atoms with Gasteiger partial charge in [-0.3, -0.25) is 0 Å². The summed E-state index contributed by atoms with van der Waals surface area (Å²) in [6.07, 6.45) is 4.02. The fourth-order valence-corrected chi connectivity index (χ4v) is 3.01. The smallest absolute Gasteiger partial charge is 0.0400 e. The van der Waals surface area contributed by atoms with Gasteiger partial charge in [0.15, 0.2) is 0 Å². The molecule has 0 saturated carbocycles. The molecule has 0 amide bonds. The van der Waals surface area contributed by atoms with Crippen molar-refractivity contribution in [1.82, 2.24) is 0 Å². The molecule has 1 aliphatic rings. The standard InChI is InChI=1S/C18H21BrN2/c19-16-6-4-15(5-7-16)14-20-17-8-10-18(11-9-17)21-12-2-1-3-13-21/h4-11,20H,1-3,12-14H2. The first-order chi connectivity index (χ1) is 10.3. The molecule has 1 saturated heterocycles. The second kappa shape index (κ2) is 6.99. The molecule has 0 unspecified atom stereocenters. The quantitative estimate of drug-likeness (QED) is 0.834. The fraction of sp³-hybridized carbons (Fsp3) is 0.333. The summed E-state index contributed by atoms with van der Waals surface area (Å²) < 4.78 is 1.12. The van der Waals surface area contributed by atoms with Gasteiger partial charge in [-0.15, -0.1) is 0 Å². The zero-order valence-electron chi connectivity index (χ0n) is 12.2. The Morgan fingerprint density at radius 1 is 0.857 bits per heavy atom. The predicted octanol–water partition coefficient (Wildman–Crippen LogP) is 5.05. The van der Waals surface area contributed by atoms with Crippen LogP contribution in [0.15, 0.2) is 53.0 Å². The molecule has 0 bridgehead atoms. The van der Waals surface area contributed by atoms with E-state index in [-0.39, 0.29) is 0 Å². The second-order valence-electron chi connectivity index (χ2n) is 5.57. The highest BCUT2D eigenvalue weighted by molar-refractivity contribution is 9.10. The Morgan fingerprint density at radius 3 is 2.19 bits per heavy atom. The number of hydrogen-bond donors (Lipinski definition) is 1. The van der Waals surface area contributed by atoms with Gasteiger partial charge < -0.3 is 10.2 Å². The van der Waals surface area contributed by atoms with Gasteiger partial charge in [0, 0.05) is 35.5 Å². The number of hydrogen-bond acceptors (Lipinski definition) is 2. The normalized spacial score (nSPS) is 15.0. The number of nitrogens with zero attached hydrogens (tertiary/aromatic N) is 1. The lowest BCUT2D eigenvalue weighted by molar-refractivity contribution is 0.578. The maximum Gasteiger partial charge on any atom is 0.0400 e. The molecule has 21 heavy (non-hydrogen) atoms. The van der Waals surface area contributed by atoms with E-state index >= 15 is 0 Å². The molecule has 1 heterocycles. The molecule has 1 N–H and O–H groups in total. The highest BCUT2D eigenvalue weighted by atomic mass is 79.9. The maximum atomic E-state index is 3.48. The van der Waals surface area contributed by atoms with Crippen molar-refractivity contribution in [3.63, 3.8) is 0 Å². The minimum Gasteiger partial charge on any atom is -0.381 e. The van der Waals surface area contributed by atoms with Crippen LogP contribution in [0.3, 0.4) is 0 Å². The van der Waals surface area contributed by atoms with E-state index in [9.17, 15) is 0 Å². The Bertz CT molecular complexity index is 557. The van der Waals surface area contributed by atoms with Crippen LogP contribution in [-0.2, 0) is 6.54 Å². The molecule has 2 aromatic carbocycles. The van der Waals surface area contributed by atoms with Crippen molar-refractivity contribution in [2.24, 2.45) is 0 Å². The molecule has 0 atom stereocenters. The molecule has 1 fully saturated rings. The molecule has 3 heteroatoms. The van der Waals surface area contributed by atoms with Crippen LogP contribution in [0.2, 0.25) is 0 Å². The Balaban J connectivity index is 1.57. The molecule has 2 nitrogen and oxygen atoms in total. The van der Waals surface area contributed by atoms with Crippen LogP contribution in [0.25, 0.3) is 0 Å². The summed E-state index contributed by atoms with van der Waals surface area (Å²) in [7, 11) is 0. The van der Waals surface area contributed by atoms with Gasteiger partial charge in [0.1, 0.15) is 0 Å². The van der Waals surface area contributed by atoms with E-state index in [2.05, 4.69) is 74.7 Å². The first-order valence-corrected chi connectivity index (χ1v) is 8.44. The van der Waals surface area contributed by atoms with Gasteiger partial charge in [-0.1, -0.05) is 28.1 Å². The van der Waals surface area contributed by atoms with Crippen LogP contribution in [0.5, 0.6) is 0 Å². The molecule has 0 radical (unpaired) electrons. The monoisotopic (exact) mass is 344 g/mol. The summed E-state index contributed by atoms with van der Waals surface area (Å²) in [5, 5.41) is 3.48. The average molecular weight is 345 g/mol. The summed E-state index contributed by atoms with van der Waals surface area (Å²) in [5.41, 5.74) is 3.82. The summed E-state index contributed by atoms with van der Waals surface area (Å²) in [6.45, 7) is 3.26. The van der Waals surface area contributed by atoms with Crippen molar-refractivity contribution in [2.45, 2.75) is 25.8 Å². The molecule has 0 aliphatic carbocycles. The number of piperidine rings is 1. The van der Waals surface area contributed by atoms with Crippen molar-refractivity contribution in [1.29, 1.82) is 0 Å². The van der Waals surface area contributed by atoms with Crippen molar-refractivity contribution in [2.75, 3.05) is 23.3 Å².